The summed E-state index contributed by atoms with van der Waals surface area (Å²) < 4.78 is 5.40. The number of nitriles is 1. The summed E-state index contributed by atoms with van der Waals surface area (Å²) in [5.41, 5.74) is 1.34. The summed E-state index contributed by atoms with van der Waals surface area (Å²) in [7, 11) is 0. The van der Waals surface area contributed by atoms with Crippen molar-refractivity contribution >= 4 is 11.7 Å². The molecule has 2 aromatic rings. The van der Waals surface area contributed by atoms with Crippen LogP contribution in [0.5, 0.6) is 0 Å². The molecule has 4 heterocycles. The molecule has 0 bridgehead atoms. The van der Waals surface area contributed by atoms with Crippen molar-refractivity contribution in [2.75, 3.05) is 24.6 Å². The van der Waals surface area contributed by atoms with E-state index < -0.39 is 0 Å². The molecule has 0 aromatic carbocycles. The van der Waals surface area contributed by atoms with Crippen LogP contribution >= 0.6 is 0 Å². The molecule has 8 nitrogen and oxygen atoms in total. The van der Waals surface area contributed by atoms with Gasteiger partial charge in [-0.05, 0) is 25.8 Å². The summed E-state index contributed by atoms with van der Waals surface area (Å²) in [5.74, 6) is 1.53. The molecular formula is C19H21N5O3. The Morgan fingerprint density at radius 2 is 2.07 bits per heavy atom. The zero-order valence-corrected chi connectivity index (χ0v) is 15.2. The second-order valence-corrected chi connectivity index (χ2v) is 6.93. The molecule has 2 aliphatic heterocycles. The van der Waals surface area contributed by atoms with Crippen molar-refractivity contribution in [2.45, 2.75) is 32.2 Å². The molecule has 2 fully saturated rings. The van der Waals surface area contributed by atoms with Crippen molar-refractivity contribution in [2.24, 2.45) is 5.92 Å². The maximum absolute atomic E-state index is 13.0. The topological polar surface area (TPSA) is 95.5 Å². The van der Waals surface area contributed by atoms with Crippen molar-refractivity contribution in [3.05, 3.63) is 41.7 Å². The van der Waals surface area contributed by atoms with E-state index in [1.807, 2.05) is 19.1 Å². The van der Waals surface area contributed by atoms with Crippen LogP contribution in [0.3, 0.4) is 0 Å². The van der Waals surface area contributed by atoms with Crippen LogP contribution in [0.2, 0.25) is 0 Å². The van der Waals surface area contributed by atoms with Gasteiger partial charge in [0.25, 0.3) is 0 Å². The monoisotopic (exact) mass is 367 g/mol. The third kappa shape index (κ3) is 3.51. The lowest BCUT2D eigenvalue weighted by Gasteiger charge is -2.34. The molecule has 0 N–H and O–H groups in total. The lowest BCUT2D eigenvalue weighted by Crippen LogP contribution is -2.42. The minimum absolute atomic E-state index is 0.0383. The van der Waals surface area contributed by atoms with Crippen molar-refractivity contribution in [1.82, 2.24) is 15.0 Å². The first-order chi connectivity index (χ1) is 13.2. The number of hydroxylamine groups is 2. The van der Waals surface area contributed by atoms with Crippen LogP contribution in [-0.4, -0.2) is 40.6 Å². The van der Waals surface area contributed by atoms with E-state index in [0.717, 1.165) is 36.4 Å². The van der Waals surface area contributed by atoms with E-state index in [1.165, 1.54) is 6.33 Å². The SMILES string of the molecule is Cc1cc(C2CCON2C(=O)C2CCN(c3cc(C#N)ncn3)CC2)co1. The molecule has 4 rings (SSSR count). The van der Waals surface area contributed by atoms with Crippen LogP contribution in [0, 0.1) is 24.2 Å². The molecule has 1 atom stereocenters. The Morgan fingerprint density at radius 1 is 1.26 bits per heavy atom. The number of carbonyl (C=O) groups is 1. The molecule has 0 aliphatic carbocycles. The van der Waals surface area contributed by atoms with E-state index in [0.29, 0.717) is 25.4 Å². The predicted octanol–water partition coefficient (Wildman–Crippen LogP) is 2.37. The molecular weight excluding hydrogens is 346 g/mol. The zero-order valence-electron chi connectivity index (χ0n) is 15.2. The third-order valence-corrected chi connectivity index (χ3v) is 5.19. The first-order valence-electron chi connectivity index (χ1n) is 9.14. The number of hydrogen-bond acceptors (Lipinski definition) is 7. The fraction of sp³-hybridized carbons (Fsp3) is 0.474. The maximum Gasteiger partial charge on any atom is 0.249 e. The van der Waals surface area contributed by atoms with Crippen LogP contribution in [0.25, 0.3) is 0 Å². The van der Waals surface area contributed by atoms with Crippen LogP contribution in [0.4, 0.5) is 5.82 Å². The molecule has 0 radical (unpaired) electrons. The van der Waals surface area contributed by atoms with Crippen LogP contribution < -0.4 is 4.90 Å². The molecule has 1 unspecified atom stereocenters. The number of furan rings is 1. The molecule has 2 aromatic heterocycles. The summed E-state index contributed by atoms with van der Waals surface area (Å²) in [6.45, 7) is 3.85. The number of nitrogens with zero attached hydrogens (tertiary/aromatic N) is 5. The molecule has 0 saturated carbocycles. The van der Waals surface area contributed by atoms with Crippen molar-refractivity contribution in [3.8, 4) is 6.07 Å². The number of hydrogen-bond donors (Lipinski definition) is 0. The van der Waals surface area contributed by atoms with Crippen molar-refractivity contribution < 1.29 is 14.0 Å². The quantitative estimate of drug-likeness (QED) is 0.822. The van der Waals surface area contributed by atoms with E-state index in [4.69, 9.17) is 14.5 Å². The number of piperidine rings is 1. The Morgan fingerprint density at radius 3 is 2.78 bits per heavy atom. The average molecular weight is 367 g/mol. The molecule has 2 saturated heterocycles. The molecule has 8 heteroatoms. The Hall–Kier alpha value is -2.92. The van der Waals surface area contributed by atoms with E-state index in [2.05, 4.69) is 14.9 Å². The van der Waals surface area contributed by atoms with E-state index >= 15 is 0 Å². The number of aromatic nitrogens is 2. The Balaban J connectivity index is 1.40. The normalized spacial score (nSPS) is 20.7. The van der Waals surface area contributed by atoms with E-state index in [9.17, 15) is 4.79 Å². The minimum Gasteiger partial charge on any atom is -0.469 e. The Labute approximate surface area is 157 Å². The lowest BCUT2D eigenvalue weighted by molar-refractivity contribution is -0.182. The van der Waals surface area contributed by atoms with Gasteiger partial charge in [-0.15, -0.1) is 0 Å². The fourth-order valence-electron chi connectivity index (χ4n) is 3.74. The highest BCUT2D eigenvalue weighted by Crippen LogP contribution is 2.34. The van der Waals surface area contributed by atoms with Gasteiger partial charge in [-0.3, -0.25) is 9.63 Å². The fourth-order valence-corrected chi connectivity index (χ4v) is 3.74. The van der Waals surface area contributed by atoms with Gasteiger partial charge >= 0.3 is 0 Å². The van der Waals surface area contributed by atoms with Gasteiger partial charge in [0.1, 0.15) is 29.7 Å². The standard InChI is InChI=1S/C19H21N5O3/c1-13-8-15(11-26-13)17-4-7-27-24(17)19(25)14-2-5-23(6-3-14)18-9-16(10-20)21-12-22-18/h8-9,11-12,14,17H,2-7H2,1H3. The second kappa shape index (κ2) is 7.37. The van der Waals surface area contributed by atoms with Gasteiger partial charge in [0, 0.05) is 37.1 Å². The summed E-state index contributed by atoms with van der Waals surface area (Å²) in [5, 5.41) is 10.5. The number of rotatable bonds is 3. The Bertz CT molecular complexity index is 866. The van der Waals surface area contributed by atoms with Crippen LogP contribution in [0.1, 0.15) is 42.3 Å². The minimum atomic E-state index is -0.0767. The first-order valence-corrected chi connectivity index (χ1v) is 9.14. The van der Waals surface area contributed by atoms with Crippen molar-refractivity contribution in [3.63, 3.8) is 0 Å². The highest BCUT2D eigenvalue weighted by molar-refractivity contribution is 5.79. The molecule has 27 heavy (non-hydrogen) atoms. The largest absolute Gasteiger partial charge is 0.469 e. The van der Waals surface area contributed by atoms with Crippen LogP contribution in [0.15, 0.2) is 29.1 Å². The predicted molar refractivity (Wildman–Crippen MR) is 95.3 cm³/mol. The number of aryl methyl sites for hydroxylation is 1. The summed E-state index contributed by atoms with van der Waals surface area (Å²) in [6, 6.07) is 5.60. The highest BCUT2D eigenvalue weighted by atomic mass is 16.7. The summed E-state index contributed by atoms with van der Waals surface area (Å²) in [6.07, 6.45) is 5.34. The zero-order chi connectivity index (χ0) is 18.8. The van der Waals surface area contributed by atoms with Gasteiger partial charge < -0.3 is 9.32 Å². The lowest BCUT2D eigenvalue weighted by atomic mass is 9.94. The number of anilines is 1. The van der Waals surface area contributed by atoms with Gasteiger partial charge in [-0.2, -0.15) is 5.26 Å². The van der Waals surface area contributed by atoms with Gasteiger partial charge in [0.05, 0.1) is 18.9 Å². The highest BCUT2D eigenvalue weighted by Gasteiger charge is 2.37. The maximum atomic E-state index is 13.0. The first kappa shape index (κ1) is 17.5. The van der Waals surface area contributed by atoms with Gasteiger partial charge in [0.15, 0.2) is 0 Å². The molecule has 140 valence electrons. The third-order valence-electron chi connectivity index (χ3n) is 5.19. The summed E-state index contributed by atoms with van der Waals surface area (Å²) >= 11 is 0. The van der Waals surface area contributed by atoms with Crippen LogP contribution in [-0.2, 0) is 9.63 Å². The van der Waals surface area contributed by atoms with Gasteiger partial charge in [-0.1, -0.05) is 0 Å². The van der Waals surface area contributed by atoms with E-state index in [-0.39, 0.29) is 17.9 Å². The number of amides is 1. The Kier molecular flexibility index (Phi) is 4.77. The molecule has 2 aliphatic rings. The van der Waals surface area contributed by atoms with E-state index in [1.54, 1.807) is 17.4 Å². The van der Waals surface area contributed by atoms with Gasteiger partial charge in [-0.25, -0.2) is 15.0 Å². The number of carbonyl (C=O) groups excluding carboxylic acids is 1. The average Bonchev–Trinajstić information content (AvgIpc) is 3.36. The molecule has 1 amide bonds. The second-order valence-electron chi connectivity index (χ2n) is 6.93. The van der Waals surface area contributed by atoms with Gasteiger partial charge in [0.2, 0.25) is 5.91 Å². The molecule has 0 spiro atoms. The van der Waals surface area contributed by atoms with Crippen molar-refractivity contribution in [1.29, 1.82) is 5.26 Å². The smallest absolute Gasteiger partial charge is 0.249 e. The summed E-state index contributed by atoms with van der Waals surface area (Å²) in [4.78, 5) is 28.9.